The van der Waals surface area contributed by atoms with Crippen molar-refractivity contribution < 1.29 is 73.2 Å². The highest BCUT2D eigenvalue weighted by atomic mass is 16.4. The van der Waals surface area contributed by atoms with Crippen molar-refractivity contribution in [1.82, 2.24) is 52.4 Å². The zero-order valence-electron chi connectivity index (χ0n) is 38.2. The third-order valence-electron chi connectivity index (χ3n) is 11.6. The molecule has 26 heteroatoms. The van der Waals surface area contributed by atoms with Gasteiger partial charge in [-0.05, 0) is 71.0 Å². The molecule has 1 aromatic heterocycles. The van der Waals surface area contributed by atoms with Crippen molar-refractivity contribution >= 4 is 76.0 Å². The van der Waals surface area contributed by atoms with E-state index in [2.05, 4.69) is 47.5 Å². The first kappa shape index (κ1) is 54.4. The van der Waals surface area contributed by atoms with Gasteiger partial charge < -0.3 is 78.6 Å². The molecule has 3 heterocycles. The third-order valence-corrected chi connectivity index (χ3v) is 11.6. The van der Waals surface area contributed by atoms with E-state index < -0.39 is 151 Å². The van der Waals surface area contributed by atoms with E-state index in [4.69, 9.17) is 5.73 Å². The minimum Gasteiger partial charge on any atom is -0.481 e. The largest absolute Gasteiger partial charge is 0.481 e. The zero-order valence-corrected chi connectivity index (χ0v) is 38.2. The number of aliphatic hydroxyl groups excluding tert-OH is 2. The molecule has 2 aliphatic rings. The van der Waals surface area contributed by atoms with Crippen LogP contribution in [0.2, 0.25) is 0 Å². The van der Waals surface area contributed by atoms with Crippen LogP contribution in [-0.2, 0) is 59.2 Å². The second-order valence-electron chi connectivity index (χ2n) is 17.0. The smallest absolute Gasteiger partial charge is 0.326 e. The van der Waals surface area contributed by atoms with E-state index in [1.54, 1.807) is 30.5 Å². The molecule has 0 spiro atoms. The third kappa shape index (κ3) is 15.4. The zero-order chi connectivity index (χ0) is 51.1. The van der Waals surface area contributed by atoms with Crippen LogP contribution < -0.4 is 48.3 Å². The van der Waals surface area contributed by atoms with Crippen LogP contribution in [0.25, 0.3) is 10.9 Å². The summed E-state index contributed by atoms with van der Waals surface area (Å²) in [7, 11) is 0. The number of nitrogens with one attached hydrogen (secondary N) is 9. The van der Waals surface area contributed by atoms with Crippen molar-refractivity contribution in [2.75, 3.05) is 19.7 Å². The van der Waals surface area contributed by atoms with Gasteiger partial charge in [0.25, 0.3) is 0 Å². The predicted molar refractivity (Wildman–Crippen MR) is 240 cm³/mol. The molecule has 9 amide bonds. The Labute approximate surface area is 395 Å². The van der Waals surface area contributed by atoms with E-state index in [-0.39, 0.29) is 19.4 Å². The fourth-order valence-corrected chi connectivity index (χ4v) is 7.83. The predicted octanol–water partition coefficient (Wildman–Crippen LogP) is -4.92. The molecule has 2 aromatic rings. The Hall–Kier alpha value is -7.19. The van der Waals surface area contributed by atoms with Crippen molar-refractivity contribution in [1.29, 1.82) is 0 Å². The number of para-hydroxylation sites is 1. The number of nitrogens with two attached hydrogens (primary N) is 1. The van der Waals surface area contributed by atoms with Crippen LogP contribution in [-0.4, -0.2) is 176 Å². The average Bonchev–Trinajstić information content (AvgIpc) is 4.10. The lowest BCUT2D eigenvalue weighted by atomic mass is 10.0. The Balaban J connectivity index is 1.40. The number of carbonyl (C=O) groups is 11. The van der Waals surface area contributed by atoms with Gasteiger partial charge in [-0.1, -0.05) is 18.2 Å². The molecule has 69 heavy (non-hydrogen) atoms. The number of aliphatic carboxylic acids is 2. The van der Waals surface area contributed by atoms with E-state index in [1.807, 2.05) is 0 Å². The number of primary amides is 1. The van der Waals surface area contributed by atoms with Crippen LogP contribution in [0.1, 0.15) is 71.3 Å². The molecular formula is C43H61N11O15. The summed E-state index contributed by atoms with van der Waals surface area (Å²) in [6.45, 7) is 3.59. The number of hydrogen-bond donors (Lipinski definition) is 14. The summed E-state index contributed by atoms with van der Waals surface area (Å²) in [4.78, 5) is 146. The molecule has 0 aliphatic carbocycles. The molecule has 378 valence electrons. The topological polar surface area (TPSA) is 410 Å². The summed E-state index contributed by atoms with van der Waals surface area (Å²) >= 11 is 0. The molecular weight excluding hydrogens is 911 g/mol. The molecule has 0 unspecified atom stereocenters. The minimum absolute atomic E-state index is 0.109. The van der Waals surface area contributed by atoms with E-state index in [9.17, 15) is 73.2 Å². The van der Waals surface area contributed by atoms with Crippen molar-refractivity contribution in [2.45, 2.75) is 133 Å². The van der Waals surface area contributed by atoms with Crippen LogP contribution in [0.3, 0.4) is 0 Å². The number of aromatic nitrogens is 1. The van der Waals surface area contributed by atoms with Gasteiger partial charge in [-0.2, -0.15) is 0 Å². The van der Waals surface area contributed by atoms with Crippen molar-refractivity contribution in [3.63, 3.8) is 0 Å². The number of aromatic amines is 1. The maximum absolute atomic E-state index is 13.8. The van der Waals surface area contributed by atoms with Crippen LogP contribution >= 0.6 is 0 Å². The number of fused-ring (bicyclic) bond motifs is 1. The Bertz CT molecular complexity index is 2250. The number of hydrogen-bond acceptors (Lipinski definition) is 14. The molecule has 4 rings (SSSR count). The van der Waals surface area contributed by atoms with Crippen molar-refractivity contribution in [3.8, 4) is 0 Å². The highest BCUT2D eigenvalue weighted by Gasteiger charge is 2.39. The van der Waals surface area contributed by atoms with E-state index in [0.717, 1.165) is 6.42 Å². The van der Waals surface area contributed by atoms with Gasteiger partial charge in [0.1, 0.15) is 48.3 Å². The standard InChI is InChI=1S/C43H61N11O15/c1-20(47-40(65)31-11-7-15-54(31)42(67)21(2)48-41(66)34(22(3)56)53-36(61)26-10-6-14-45-26)35(60)52-30(19-55)39(64)49-27(12-13-33(58)59)37(62)50-28(38(63)51-29(43(68)69)17-32(44)57)16-23-18-46-25-9-5-4-8-24(23)25/h4-5,8-9,18,20-22,26-31,34,45-46,55-56H,6-7,10-17,19H2,1-3H3,(H2,44,57)(H,47,65)(H,48,66)(H,49,64)(H,50,62)(H,51,63)(H,52,60)(H,53,61)(H,58,59)(H,68,69)/t20-,21-,22+,26-,27-,28-,29-,30-,31-,34-/m0/s1. The highest BCUT2D eigenvalue weighted by Crippen LogP contribution is 2.21. The van der Waals surface area contributed by atoms with Gasteiger partial charge in [0, 0.05) is 36.5 Å². The fourth-order valence-electron chi connectivity index (χ4n) is 7.83. The summed E-state index contributed by atoms with van der Waals surface area (Å²) in [5.74, 6) is -11.2. The average molecular weight is 972 g/mol. The van der Waals surface area contributed by atoms with Crippen LogP contribution in [0.5, 0.6) is 0 Å². The summed E-state index contributed by atoms with van der Waals surface area (Å²) in [6, 6.07) is -5.61. The highest BCUT2D eigenvalue weighted by molar-refractivity contribution is 5.99. The number of benzene rings is 1. The number of nitrogens with zero attached hydrogens (tertiary/aromatic N) is 1. The van der Waals surface area contributed by atoms with Gasteiger partial charge in [0.15, 0.2) is 0 Å². The van der Waals surface area contributed by atoms with Crippen LogP contribution in [0.4, 0.5) is 0 Å². The van der Waals surface area contributed by atoms with Gasteiger partial charge in [0.05, 0.1) is 25.2 Å². The Morgan fingerprint density at radius 3 is 2.00 bits per heavy atom. The Kier molecular flexibility index (Phi) is 19.9. The Morgan fingerprint density at radius 1 is 0.739 bits per heavy atom. The van der Waals surface area contributed by atoms with Gasteiger partial charge in [0.2, 0.25) is 53.2 Å². The molecule has 26 nitrogen and oxygen atoms in total. The molecule has 2 saturated heterocycles. The first-order chi connectivity index (χ1) is 32.6. The van der Waals surface area contributed by atoms with E-state index >= 15 is 0 Å². The van der Waals surface area contributed by atoms with Gasteiger partial charge in [-0.3, -0.25) is 47.9 Å². The van der Waals surface area contributed by atoms with Crippen LogP contribution in [0.15, 0.2) is 30.5 Å². The first-order valence-corrected chi connectivity index (χ1v) is 22.3. The SMILES string of the molecule is C[C@H](NC(=O)[C@@H]1CCCN1C(=O)[C@H](C)NC(=O)[C@@H](NC(=O)[C@@H]1CCCN1)[C@@H](C)O)C(=O)N[C@@H](CO)C(=O)N[C@@H](CCC(=O)O)C(=O)N[C@@H](Cc1c[nH]c2ccccc12)C(=O)N[C@@H](CC(N)=O)C(=O)O. The molecule has 0 bridgehead atoms. The molecule has 0 radical (unpaired) electrons. The lowest BCUT2D eigenvalue weighted by Gasteiger charge is -2.29. The second-order valence-corrected chi connectivity index (χ2v) is 17.0. The van der Waals surface area contributed by atoms with Crippen molar-refractivity contribution in [3.05, 3.63) is 36.0 Å². The number of carbonyl (C=O) groups excluding carboxylic acids is 9. The number of amides is 9. The van der Waals surface area contributed by atoms with Gasteiger partial charge >= 0.3 is 11.9 Å². The fraction of sp³-hybridized carbons (Fsp3) is 0.558. The van der Waals surface area contributed by atoms with E-state index in [1.165, 1.54) is 25.7 Å². The quantitative estimate of drug-likeness (QED) is 0.0443. The lowest BCUT2D eigenvalue weighted by Crippen LogP contribution is -2.60. The lowest BCUT2D eigenvalue weighted by molar-refractivity contribution is -0.143. The Morgan fingerprint density at radius 2 is 1.38 bits per heavy atom. The number of likely N-dealkylation sites (tertiary alicyclic amines) is 1. The number of carboxylic acids is 2. The first-order valence-electron chi connectivity index (χ1n) is 22.3. The monoisotopic (exact) mass is 971 g/mol. The summed E-state index contributed by atoms with van der Waals surface area (Å²) in [5.41, 5.74) is 6.30. The maximum atomic E-state index is 13.8. The number of carboxylic acid groups (broad SMARTS) is 2. The second kappa shape index (κ2) is 25.3. The maximum Gasteiger partial charge on any atom is 0.326 e. The van der Waals surface area contributed by atoms with Gasteiger partial charge in [-0.15, -0.1) is 0 Å². The van der Waals surface area contributed by atoms with E-state index in [0.29, 0.717) is 35.9 Å². The number of rotatable bonds is 25. The number of H-pyrrole nitrogens is 1. The number of aliphatic hydroxyl groups is 2. The summed E-state index contributed by atoms with van der Waals surface area (Å²) < 4.78 is 0. The normalized spacial score (nSPS) is 19.0. The van der Waals surface area contributed by atoms with Crippen LogP contribution in [0, 0.1) is 0 Å². The minimum atomic E-state index is -1.79. The summed E-state index contributed by atoms with van der Waals surface area (Å²) in [6.07, 6.45) is -0.245. The summed E-state index contributed by atoms with van der Waals surface area (Å²) in [5, 5.41) is 59.6. The molecule has 15 N–H and O–H groups in total. The molecule has 1 aromatic carbocycles. The van der Waals surface area contributed by atoms with Crippen molar-refractivity contribution in [2.24, 2.45) is 5.73 Å². The molecule has 2 fully saturated rings. The molecule has 0 saturated carbocycles. The molecule has 10 atom stereocenters. The van der Waals surface area contributed by atoms with Gasteiger partial charge in [-0.25, -0.2) is 4.79 Å². The molecule has 2 aliphatic heterocycles.